The van der Waals surface area contributed by atoms with Gasteiger partial charge in [0.15, 0.2) is 0 Å². The number of pyridine rings is 1. The molecular formula is C16H19N5O3. The molecule has 1 aliphatic heterocycles. The second kappa shape index (κ2) is 7.22. The zero-order valence-electron chi connectivity index (χ0n) is 13.4. The molecule has 2 N–H and O–H groups in total. The van der Waals surface area contributed by atoms with Crippen molar-refractivity contribution < 1.29 is 9.53 Å². The molecule has 2 aromatic heterocycles. The first-order valence-corrected chi connectivity index (χ1v) is 7.77. The zero-order valence-corrected chi connectivity index (χ0v) is 13.4. The molecular weight excluding hydrogens is 310 g/mol. The number of morpholine rings is 1. The maximum atomic E-state index is 11.9. The Bertz CT molecular complexity index is 739. The lowest BCUT2D eigenvalue weighted by Gasteiger charge is -2.32. The maximum Gasteiger partial charge on any atom is 0.271 e. The first-order valence-electron chi connectivity index (χ1n) is 7.77. The van der Waals surface area contributed by atoms with Gasteiger partial charge in [0.2, 0.25) is 0 Å². The van der Waals surface area contributed by atoms with E-state index >= 15 is 0 Å². The summed E-state index contributed by atoms with van der Waals surface area (Å²) in [6.45, 7) is 4.73. The Morgan fingerprint density at radius 2 is 2.29 bits per heavy atom. The third-order valence-electron chi connectivity index (χ3n) is 3.74. The quantitative estimate of drug-likeness (QED) is 0.838. The van der Waals surface area contributed by atoms with Crippen molar-refractivity contribution in [3.8, 4) is 0 Å². The number of nitrogens with zero attached hydrogens (tertiary/aromatic N) is 3. The van der Waals surface area contributed by atoms with E-state index < -0.39 is 0 Å². The molecule has 0 aliphatic carbocycles. The number of aromatic amines is 1. The molecule has 1 amide bonds. The van der Waals surface area contributed by atoms with Crippen LogP contribution in [0.2, 0.25) is 0 Å². The third-order valence-corrected chi connectivity index (χ3v) is 3.74. The Kier molecular flexibility index (Phi) is 4.85. The lowest BCUT2D eigenvalue weighted by molar-refractivity contribution is 0.0529. The van der Waals surface area contributed by atoms with Crippen molar-refractivity contribution in [1.82, 2.24) is 20.5 Å². The van der Waals surface area contributed by atoms with Gasteiger partial charge in [-0.05, 0) is 24.6 Å². The fourth-order valence-corrected chi connectivity index (χ4v) is 2.48. The number of carbonyl (C=O) groups excluding carboxylic acids is 1. The normalized spacial score (nSPS) is 17.5. The minimum Gasteiger partial charge on any atom is -0.375 e. The van der Waals surface area contributed by atoms with Crippen LogP contribution in [0.5, 0.6) is 0 Å². The number of aromatic nitrogens is 3. The SMILES string of the molecule is C[C@H]1CN(c2ccc(CNC(=O)c3ccc(=O)[nH]n3)cn2)CCO1. The van der Waals surface area contributed by atoms with Crippen LogP contribution in [0, 0.1) is 0 Å². The fourth-order valence-electron chi connectivity index (χ4n) is 2.48. The summed E-state index contributed by atoms with van der Waals surface area (Å²) in [5, 5.41) is 8.66. The zero-order chi connectivity index (χ0) is 16.9. The van der Waals surface area contributed by atoms with Crippen molar-refractivity contribution in [2.24, 2.45) is 0 Å². The molecule has 0 spiro atoms. The van der Waals surface area contributed by atoms with Gasteiger partial charge in [-0.25, -0.2) is 10.1 Å². The van der Waals surface area contributed by atoms with E-state index in [1.165, 1.54) is 12.1 Å². The van der Waals surface area contributed by atoms with Crippen LogP contribution in [-0.2, 0) is 11.3 Å². The monoisotopic (exact) mass is 329 g/mol. The van der Waals surface area contributed by atoms with Gasteiger partial charge in [0.1, 0.15) is 11.5 Å². The smallest absolute Gasteiger partial charge is 0.271 e. The van der Waals surface area contributed by atoms with E-state index in [2.05, 4.69) is 25.4 Å². The van der Waals surface area contributed by atoms with E-state index in [4.69, 9.17) is 4.74 Å². The van der Waals surface area contributed by atoms with Gasteiger partial charge in [0.05, 0.1) is 12.7 Å². The van der Waals surface area contributed by atoms with E-state index in [-0.39, 0.29) is 23.3 Å². The molecule has 8 nitrogen and oxygen atoms in total. The van der Waals surface area contributed by atoms with Crippen LogP contribution in [0.3, 0.4) is 0 Å². The number of H-pyrrole nitrogens is 1. The molecule has 1 saturated heterocycles. The summed E-state index contributed by atoms with van der Waals surface area (Å²) in [5.74, 6) is 0.555. The molecule has 24 heavy (non-hydrogen) atoms. The highest BCUT2D eigenvalue weighted by Crippen LogP contribution is 2.15. The van der Waals surface area contributed by atoms with Gasteiger partial charge in [0, 0.05) is 31.9 Å². The van der Waals surface area contributed by atoms with Crippen molar-refractivity contribution >= 4 is 11.7 Å². The summed E-state index contributed by atoms with van der Waals surface area (Å²) >= 11 is 0. The molecule has 1 atom stereocenters. The maximum absolute atomic E-state index is 11.9. The number of amides is 1. The van der Waals surface area contributed by atoms with Gasteiger partial charge < -0.3 is 15.0 Å². The van der Waals surface area contributed by atoms with Crippen molar-refractivity contribution in [2.45, 2.75) is 19.6 Å². The highest BCUT2D eigenvalue weighted by atomic mass is 16.5. The van der Waals surface area contributed by atoms with Gasteiger partial charge in [-0.15, -0.1) is 0 Å². The molecule has 1 aliphatic rings. The molecule has 126 valence electrons. The van der Waals surface area contributed by atoms with E-state index in [1.807, 2.05) is 19.1 Å². The molecule has 0 unspecified atom stereocenters. The van der Waals surface area contributed by atoms with E-state index in [0.717, 1.165) is 24.5 Å². The first-order chi connectivity index (χ1) is 11.6. The van der Waals surface area contributed by atoms with Crippen molar-refractivity contribution in [3.05, 3.63) is 52.1 Å². The highest BCUT2D eigenvalue weighted by molar-refractivity contribution is 5.91. The standard InChI is InChI=1S/C16H19N5O3/c1-11-10-21(6-7-24-11)14-4-2-12(8-17-14)9-18-16(23)13-3-5-15(22)20-19-13/h2-5,8,11H,6-7,9-10H2,1H3,(H,18,23)(H,20,22)/t11-/m0/s1. The van der Waals surface area contributed by atoms with Crippen LogP contribution in [-0.4, -0.2) is 46.9 Å². The molecule has 0 radical (unpaired) electrons. The number of rotatable bonds is 4. The Hall–Kier alpha value is -2.74. The van der Waals surface area contributed by atoms with Crippen LogP contribution in [0.4, 0.5) is 5.82 Å². The molecule has 2 aromatic rings. The van der Waals surface area contributed by atoms with Crippen LogP contribution in [0.15, 0.2) is 35.3 Å². The second-order valence-corrected chi connectivity index (χ2v) is 5.64. The van der Waals surface area contributed by atoms with Crippen LogP contribution >= 0.6 is 0 Å². The van der Waals surface area contributed by atoms with E-state index in [9.17, 15) is 9.59 Å². The van der Waals surface area contributed by atoms with Crippen molar-refractivity contribution in [1.29, 1.82) is 0 Å². The van der Waals surface area contributed by atoms with E-state index in [0.29, 0.717) is 13.2 Å². The van der Waals surface area contributed by atoms with Gasteiger partial charge >= 0.3 is 0 Å². The first kappa shape index (κ1) is 16.1. The highest BCUT2D eigenvalue weighted by Gasteiger charge is 2.17. The summed E-state index contributed by atoms with van der Waals surface area (Å²) in [6, 6.07) is 6.53. The summed E-state index contributed by atoms with van der Waals surface area (Å²) in [5.41, 5.74) is 0.711. The van der Waals surface area contributed by atoms with Crippen LogP contribution < -0.4 is 15.8 Å². The molecule has 0 aromatic carbocycles. The molecule has 0 saturated carbocycles. The number of carbonyl (C=O) groups is 1. The Morgan fingerprint density at radius 3 is 2.96 bits per heavy atom. The lowest BCUT2D eigenvalue weighted by atomic mass is 10.2. The molecule has 3 heterocycles. The van der Waals surface area contributed by atoms with Crippen LogP contribution in [0.25, 0.3) is 0 Å². The topological polar surface area (TPSA) is 100 Å². The molecule has 0 bridgehead atoms. The lowest BCUT2D eigenvalue weighted by Crippen LogP contribution is -2.41. The summed E-state index contributed by atoms with van der Waals surface area (Å²) < 4.78 is 5.52. The average Bonchev–Trinajstić information content (AvgIpc) is 2.61. The third kappa shape index (κ3) is 3.96. The van der Waals surface area contributed by atoms with Gasteiger partial charge in [-0.2, -0.15) is 5.10 Å². The van der Waals surface area contributed by atoms with Gasteiger partial charge in [-0.1, -0.05) is 6.07 Å². The van der Waals surface area contributed by atoms with E-state index in [1.54, 1.807) is 6.20 Å². The Balaban J connectivity index is 1.57. The van der Waals surface area contributed by atoms with Crippen LogP contribution in [0.1, 0.15) is 23.0 Å². The Morgan fingerprint density at radius 1 is 1.42 bits per heavy atom. The largest absolute Gasteiger partial charge is 0.375 e. The van der Waals surface area contributed by atoms with Crippen molar-refractivity contribution in [2.75, 3.05) is 24.6 Å². The molecule has 3 rings (SSSR count). The number of anilines is 1. The average molecular weight is 329 g/mol. The number of nitrogens with one attached hydrogen (secondary N) is 2. The number of hydrogen-bond acceptors (Lipinski definition) is 6. The number of hydrogen-bond donors (Lipinski definition) is 2. The summed E-state index contributed by atoms with van der Waals surface area (Å²) in [6.07, 6.45) is 1.94. The summed E-state index contributed by atoms with van der Waals surface area (Å²) in [7, 11) is 0. The minimum absolute atomic E-state index is 0.168. The Labute approximate surface area is 138 Å². The predicted octanol–water partition coefficient (Wildman–Crippen LogP) is 0.320. The minimum atomic E-state index is -0.350. The van der Waals surface area contributed by atoms with Gasteiger partial charge in [-0.3, -0.25) is 9.59 Å². The molecule has 8 heteroatoms. The van der Waals surface area contributed by atoms with Gasteiger partial charge in [0.25, 0.3) is 11.5 Å². The fraction of sp³-hybridized carbons (Fsp3) is 0.375. The second-order valence-electron chi connectivity index (χ2n) is 5.64. The van der Waals surface area contributed by atoms with Crippen molar-refractivity contribution in [3.63, 3.8) is 0 Å². The predicted molar refractivity (Wildman–Crippen MR) is 87.9 cm³/mol. The summed E-state index contributed by atoms with van der Waals surface area (Å²) in [4.78, 5) is 29.5. The number of ether oxygens (including phenoxy) is 1. The molecule has 1 fully saturated rings.